The molecule has 6 heteroatoms. The maximum absolute atomic E-state index is 6.18. The van der Waals surface area contributed by atoms with E-state index in [1.54, 1.807) is 0 Å². The van der Waals surface area contributed by atoms with Gasteiger partial charge in [-0.25, -0.2) is 4.98 Å². The lowest BCUT2D eigenvalue weighted by atomic mass is 10.1. The molecule has 1 fully saturated rings. The molecule has 0 spiro atoms. The number of fused-ring (bicyclic) bond motifs is 1. The Bertz CT molecular complexity index is 943. The van der Waals surface area contributed by atoms with Crippen molar-refractivity contribution in [2.24, 2.45) is 7.05 Å². The van der Waals surface area contributed by atoms with Crippen LogP contribution in [-0.2, 0) is 7.05 Å². The molecule has 28 heavy (non-hydrogen) atoms. The Morgan fingerprint density at radius 1 is 1.07 bits per heavy atom. The van der Waals surface area contributed by atoms with Gasteiger partial charge in [-0.3, -0.25) is 9.58 Å². The highest BCUT2D eigenvalue weighted by Crippen LogP contribution is 2.31. The summed E-state index contributed by atoms with van der Waals surface area (Å²) in [5.41, 5.74) is 3.89. The third kappa shape index (κ3) is 4.03. The van der Waals surface area contributed by atoms with Gasteiger partial charge in [-0.05, 0) is 37.2 Å². The van der Waals surface area contributed by atoms with Gasteiger partial charge in [0.1, 0.15) is 12.4 Å². The highest BCUT2D eigenvalue weighted by atomic mass is 16.5. The molecule has 0 N–H and O–H groups in total. The van der Waals surface area contributed by atoms with Crippen LogP contribution in [0.4, 0.5) is 0 Å². The molecule has 1 aliphatic heterocycles. The molecule has 0 radical (unpaired) electrons. The van der Waals surface area contributed by atoms with Crippen molar-refractivity contribution >= 4 is 11.0 Å². The van der Waals surface area contributed by atoms with Gasteiger partial charge in [0, 0.05) is 56.9 Å². The minimum Gasteiger partial charge on any atom is -0.492 e. The third-order valence-electron chi connectivity index (χ3n) is 5.55. The first-order valence-electron chi connectivity index (χ1n) is 10.1. The van der Waals surface area contributed by atoms with Crippen LogP contribution >= 0.6 is 0 Å². The van der Waals surface area contributed by atoms with E-state index in [2.05, 4.69) is 40.9 Å². The number of benzene rings is 1. The number of hydrogen-bond acceptors (Lipinski definition) is 5. The van der Waals surface area contributed by atoms with Crippen LogP contribution in [0, 0.1) is 6.92 Å². The van der Waals surface area contributed by atoms with Crippen LogP contribution in [0.15, 0.2) is 36.5 Å². The summed E-state index contributed by atoms with van der Waals surface area (Å²) < 4.78 is 8.00. The van der Waals surface area contributed by atoms with E-state index in [1.807, 2.05) is 36.1 Å². The number of ether oxygens (including phenoxy) is 1. The highest BCUT2D eigenvalue weighted by molar-refractivity contribution is 5.82. The summed E-state index contributed by atoms with van der Waals surface area (Å²) in [6.45, 7) is 11.7. The Morgan fingerprint density at radius 2 is 1.82 bits per heavy atom. The van der Waals surface area contributed by atoms with Gasteiger partial charge in [-0.15, -0.1) is 0 Å². The van der Waals surface area contributed by atoms with Crippen molar-refractivity contribution in [2.75, 3.05) is 45.9 Å². The molecule has 148 valence electrons. The second-order valence-electron chi connectivity index (χ2n) is 7.48. The van der Waals surface area contributed by atoms with Crippen molar-refractivity contribution in [3.05, 3.63) is 42.1 Å². The lowest BCUT2D eigenvalue weighted by Crippen LogP contribution is -2.47. The minimum atomic E-state index is 0.688. The largest absolute Gasteiger partial charge is 0.492 e. The molecule has 0 amide bonds. The van der Waals surface area contributed by atoms with Gasteiger partial charge in [0.05, 0.1) is 5.69 Å². The molecule has 0 bridgehead atoms. The van der Waals surface area contributed by atoms with E-state index in [9.17, 15) is 0 Å². The van der Waals surface area contributed by atoms with Crippen molar-refractivity contribution < 1.29 is 4.74 Å². The zero-order valence-corrected chi connectivity index (χ0v) is 17.1. The molecule has 0 saturated carbocycles. The SMILES string of the molecule is CCN1CCN(CCOc2ccccc2-c2cc(C)c3cn(C)nc3n2)CC1. The van der Waals surface area contributed by atoms with Crippen molar-refractivity contribution in [1.29, 1.82) is 0 Å². The number of hydrogen-bond donors (Lipinski definition) is 0. The highest BCUT2D eigenvalue weighted by Gasteiger charge is 2.16. The average Bonchev–Trinajstić information content (AvgIpc) is 3.10. The lowest BCUT2D eigenvalue weighted by Gasteiger charge is -2.33. The maximum atomic E-state index is 6.18. The second-order valence-corrected chi connectivity index (χ2v) is 7.48. The number of rotatable bonds is 6. The second kappa shape index (κ2) is 8.29. The summed E-state index contributed by atoms with van der Waals surface area (Å²) in [7, 11) is 1.93. The minimum absolute atomic E-state index is 0.688. The van der Waals surface area contributed by atoms with Crippen LogP contribution in [-0.4, -0.2) is 70.4 Å². The van der Waals surface area contributed by atoms with Crippen molar-refractivity contribution in [3.8, 4) is 17.0 Å². The summed E-state index contributed by atoms with van der Waals surface area (Å²) in [5, 5.41) is 5.57. The Kier molecular flexibility index (Phi) is 5.59. The number of aromatic nitrogens is 3. The molecule has 1 aromatic carbocycles. The van der Waals surface area contributed by atoms with Gasteiger partial charge in [0.25, 0.3) is 0 Å². The van der Waals surface area contributed by atoms with E-state index < -0.39 is 0 Å². The summed E-state index contributed by atoms with van der Waals surface area (Å²) in [5.74, 6) is 0.886. The van der Waals surface area contributed by atoms with Crippen LogP contribution in [0.2, 0.25) is 0 Å². The fourth-order valence-electron chi connectivity index (χ4n) is 3.82. The number of likely N-dealkylation sites (N-methyl/N-ethyl adjacent to an activating group) is 1. The molecule has 4 rings (SSSR count). The first kappa shape index (κ1) is 18.9. The molecule has 3 heterocycles. The summed E-state index contributed by atoms with van der Waals surface area (Å²) in [6.07, 6.45) is 2.02. The third-order valence-corrected chi connectivity index (χ3v) is 5.55. The molecule has 1 saturated heterocycles. The number of pyridine rings is 1. The Morgan fingerprint density at radius 3 is 2.61 bits per heavy atom. The zero-order valence-electron chi connectivity index (χ0n) is 17.1. The molecule has 0 atom stereocenters. The van der Waals surface area contributed by atoms with Crippen LogP contribution in [0.25, 0.3) is 22.3 Å². The monoisotopic (exact) mass is 379 g/mol. The first-order valence-corrected chi connectivity index (χ1v) is 10.1. The van der Waals surface area contributed by atoms with E-state index in [4.69, 9.17) is 9.72 Å². The van der Waals surface area contributed by atoms with E-state index in [1.165, 1.54) is 5.56 Å². The van der Waals surface area contributed by atoms with E-state index in [-0.39, 0.29) is 0 Å². The molecule has 0 aliphatic carbocycles. The number of nitrogens with zero attached hydrogens (tertiary/aromatic N) is 5. The van der Waals surface area contributed by atoms with E-state index in [0.29, 0.717) is 6.61 Å². The van der Waals surface area contributed by atoms with Crippen LogP contribution < -0.4 is 4.74 Å². The van der Waals surface area contributed by atoms with Crippen LogP contribution in [0.5, 0.6) is 5.75 Å². The smallest absolute Gasteiger partial charge is 0.181 e. The normalized spacial score (nSPS) is 16.0. The van der Waals surface area contributed by atoms with Gasteiger partial charge in [-0.1, -0.05) is 19.1 Å². The van der Waals surface area contributed by atoms with Gasteiger partial charge >= 0.3 is 0 Å². The summed E-state index contributed by atoms with van der Waals surface area (Å²) in [4.78, 5) is 9.75. The van der Waals surface area contributed by atoms with Gasteiger partial charge < -0.3 is 9.64 Å². The summed E-state index contributed by atoms with van der Waals surface area (Å²) >= 11 is 0. The molecular weight excluding hydrogens is 350 g/mol. The lowest BCUT2D eigenvalue weighted by molar-refractivity contribution is 0.121. The Hall–Kier alpha value is -2.44. The van der Waals surface area contributed by atoms with Crippen molar-refractivity contribution in [2.45, 2.75) is 13.8 Å². The van der Waals surface area contributed by atoms with Gasteiger partial charge in [0.15, 0.2) is 5.65 Å². The molecule has 1 aliphatic rings. The zero-order chi connectivity index (χ0) is 19.5. The molecular formula is C22H29N5O. The van der Waals surface area contributed by atoms with Crippen LogP contribution in [0.1, 0.15) is 12.5 Å². The first-order chi connectivity index (χ1) is 13.6. The molecule has 0 unspecified atom stereocenters. The molecule has 2 aromatic heterocycles. The number of piperazine rings is 1. The Labute approximate surface area is 166 Å². The van der Waals surface area contributed by atoms with Crippen LogP contribution in [0.3, 0.4) is 0 Å². The number of para-hydroxylation sites is 1. The van der Waals surface area contributed by atoms with Gasteiger partial charge in [-0.2, -0.15) is 5.10 Å². The van der Waals surface area contributed by atoms with Crippen molar-refractivity contribution in [1.82, 2.24) is 24.6 Å². The van der Waals surface area contributed by atoms with E-state index >= 15 is 0 Å². The summed E-state index contributed by atoms with van der Waals surface area (Å²) in [6, 6.07) is 10.3. The standard InChI is InChI=1S/C22H29N5O/c1-4-26-9-11-27(12-10-26)13-14-28-21-8-6-5-7-18(21)20-15-17(2)19-16-25(3)24-22(19)23-20/h5-8,15-16H,4,9-14H2,1-3H3. The fraction of sp³-hybridized carbons (Fsp3) is 0.455. The Balaban J connectivity index is 1.47. The quantitative estimate of drug-likeness (QED) is 0.659. The molecule has 3 aromatic rings. The van der Waals surface area contributed by atoms with E-state index in [0.717, 1.165) is 67.3 Å². The number of aryl methyl sites for hydroxylation is 2. The average molecular weight is 380 g/mol. The maximum Gasteiger partial charge on any atom is 0.181 e. The van der Waals surface area contributed by atoms with Crippen molar-refractivity contribution in [3.63, 3.8) is 0 Å². The fourth-order valence-corrected chi connectivity index (χ4v) is 3.82. The predicted octanol–water partition coefficient (Wildman–Crippen LogP) is 2.96. The topological polar surface area (TPSA) is 46.4 Å². The predicted molar refractivity (Wildman–Crippen MR) is 113 cm³/mol. The van der Waals surface area contributed by atoms with Gasteiger partial charge in [0.2, 0.25) is 0 Å². The molecule has 6 nitrogen and oxygen atoms in total.